The standard InChI is InChI=1S/3C7H8O4S.P/c3*1-6-2-4-7(5-3-6)11-12(8,9)10;/h3*2-5H,1H3,(H,8,9,10);/q;;;+3/p-3. The second-order valence-corrected chi connectivity index (χ2v) is 9.86. The Kier molecular flexibility index (Phi) is 13.7. The van der Waals surface area contributed by atoms with Crippen molar-refractivity contribution >= 4 is 41.1 Å². The Balaban J connectivity index is 0.000000518. The minimum Gasteiger partial charge on any atom is -0.716 e. The molecule has 3 rings (SSSR count). The van der Waals surface area contributed by atoms with E-state index in [0.29, 0.717) is 0 Å². The summed E-state index contributed by atoms with van der Waals surface area (Å²) >= 11 is 0. The van der Waals surface area contributed by atoms with E-state index in [-0.39, 0.29) is 27.1 Å². The van der Waals surface area contributed by atoms with E-state index in [0.717, 1.165) is 16.7 Å². The van der Waals surface area contributed by atoms with E-state index in [2.05, 4.69) is 12.5 Å². The van der Waals surface area contributed by atoms with Crippen LogP contribution in [-0.2, 0) is 31.2 Å². The van der Waals surface area contributed by atoms with Gasteiger partial charge < -0.3 is 26.2 Å². The van der Waals surface area contributed by atoms with Crippen LogP contribution in [0.3, 0.4) is 0 Å². The molecule has 0 spiro atoms. The summed E-state index contributed by atoms with van der Waals surface area (Å²) in [7, 11) is -13.9. The van der Waals surface area contributed by atoms with Gasteiger partial charge in [-0.2, -0.15) is 0 Å². The van der Waals surface area contributed by atoms with Gasteiger partial charge >= 0.3 is 9.90 Å². The first kappa shape index (κ1) is 34.2. The molecule has 0 aliphatic rings. The van der Waals surface area contributed by atoms with Crippen LogP contribution in [0.1, 0.15) is 16.7 Å². The Morgan fingerprint density at radius 1 is 0.432 bits per heavy atom. The van der Waals surface area contributed by atoms with Crippen LogP contribution in [0.4, 0.5) is 0 Å². The number of benzene rings is 3. The minimum absolute atomic E-state index is 0. The van der Waals surface area contributed by atoms with Crippen molar-refractivity contribution in [3.05, 3.63) is 89.5 Å². The molecule has 0 heterocycles. The van der Waals surface area contributed by atoms with Gasteiger partial charge in [-0.3, -0.25) is 0 Å². The molecule has 0 saturated carbocycles. The summed E-state index contributed by atoms with van der Waals surface area (Å²) in [5.41, 5.74) is 2.89. The maximum Gasteiger partial charge on any atom is 3.00 e. The van der Waals surface area contributed by atoms with Crippen LogP contribution < -0.4 is 12.5 Å². The molecule has 16 heteroatoms. The summed E-state index contributed by atoms with van der Waals surface area (Å²) in [6.45, 7) is 5.53. The van der Waals surface area contributed by atoms with Crippen LogP contribution in [0.5, 0.6) is 17.2 Å². The summed E-state index contributed by atoms with van der Waals surface area (Å²) in [5, 5.41) is 0. The van der Waals surface area contributed by atoms with Gasteiger partial charge in [0.1, 0.15) is 17.2 Å². The zero-order valence-corrected chi connectivity index (χ0v) is 22.8. The Labute approximate surface area is 219 Å². The van der Waals surface area contributed by atoms with Gasteiger partial charge in [0.2, 0.25) is 0 Å². The first-order valence-electron chi connectivity index (χ1n) is 9.58. The van der Waals surface area contributed by atoms with Crippen LogP contribution in [0.25, 0.3) is 0 Å². The van der Waals surface area contributed by atoms with Crippen molar-refractivity contribution in [1.82, 2.24) is 0 Å². The third-order valence-electron chi connectivity index (χ3n) is 3.66. The molecule has 0 N–H and O–H groups in total. The van der Waals surface area contributed by atoms with Gasteiger partial charge in [-0.25, -0.2) is 25.3 Å². The Hall–Kier alpha value is -2.78. The van der Waals surface area contributed by atoms with E-state index in [1.807, 2.05) is 20.8 Å². The molecule has 3 aromatic carbocycles. The quantitative estimate of drug-likeness (QED) is 0.230. The van der Waals surface area contributed by atoms with Crippen LogP contribution >= 0.6 is 9.90 Å². The van der Waals surface area contributed by atoms with Crippen LogP contribution in [0, 0.1) is 20.8 Å². The Morgan fingerprint density at radius 3 is 0.730 bits per heavy atom. The van der Waals surface area contributed by atoms with E-state index in [9.17, 15) is 38.9 Å². The molecular weight excluding hydrogens is 571 g/mol. The molecule has 0 aliphatic heterocycles. The topological polar surface area (TPSA) is 199 Å². The molecule has 12 nitrogen and oxygen atoms in total. The summed E-state index contributed by atoms with van der Waals surface area (Å²) in [5.74, 6) is 0.113. The summed E-state index contributed by atoms with van der Waals surface area (Å²) in [6.07, 6.45) is 0. The average molecular weight is 593 g/mol. The maximum absolute atomic E-state index is 10.1. The molecule has 0 aromatic heterocycles. The third-order valence-corrected chi connectivity index (χ3v) is 4.85. The molecular formula is C21H21O12PS3. The zero-order valence-electron chi connectivity index (χ0n) is 19.5. The maximum atomic E-state index is 10.1. The zero-order chi connectivity index (χ0) is 27.6. The van der Waals surface area contributed by atoms with Crippen molar-refractivity contribution in [3.8, 4) is 17.2 Å². The van der Waals surface area contributed by atoms with E-state index < -0.39 is 31.2 Å². The number of hydrogen-bond acceptors (Lipinski definition) is 12. The molecule has 0 bridgehead atoms. The van der Waals surface area contributed by atoms with E-state index in [1.54, 1.807) is 36.4 Å². The Morgan fingerprint density at radius 2 is 0.595 bits per heavy atom. The molecule has 0 atom stereocenters. The normalized spacial score (nSPS) is 10.9. The first-order valence-corrected chi connectivity index (χ1v) is 13.6. The molecule has 200 valence electrons. The molecule has 0 saturated heterocycles. The van der Waals surface area contributed by atoms with Crippen molar-refractivity contribution in [3.63, 3.8) is 0 Å². The largest absolute Gasteiger partial charge is 3.00 e. The van der Waals surface area contributed by atoms with E-state index >= 15 is 0 Å². The monoisotopic (exact) mass is 592 g/mol. The van der Waals surface area contributed by atoms with Crippen LogP contribution in [-0.4, -0.2) is 38.9 Å². The van der Waals surface area contributed by atoms with E-state index in [1.165, 1.54) is 36.4 Å². The predicted octanol–water partition coefficient (Wildman–Crippen LogP) is 3.36. The molecule has 0 aliphatic carbocycles. The molecule has 0 unspecified atom stereocenters. The molecule has 2 radical (unpaired) electrons. The van der Waals surface area contributed by atoms with Gasteiger partial charge in [0.15, 0.2) is 0 Å². The molecule has 0 fully saturated rings. The SMILES string of the molecule is Cc1ccc(OS(=O)(=O)[O-])cc1.Cc1ccc(OS(=O)(=O)[O-])cc1.Cc1ccc(OS(=O)(=O)[O-])cc1.[P+3]. The fraction of sp³-hybridized carbons (Fsp3) is 0.143. The van der Waals surface area contributed by atoms with Gasteiger partial charge in [-0.1, -0.05) is 53.1 Å². The molecule has 3 aromatic rings. The van der Waals surface area contributed by atoms with Crippen LogP contribution in [0.15, 0.2) is 72.8 Å². The third kappa shape index (κ3) is 18.2. The minimum atomic E-state index is -4.64. The molecule has 37 heavy (non-hydrogen) atoms. The van der Waals surface area contributed by atoms with Crippen molar-refractivity contribution < 1.29 is 51.5 Å². The summed E-state index contributed by atoms with van der Waals surface area (Å²) in [4.78, 5) is 0. The summed E-state index contributed by atoms with van der Waals surface area (Å²) < 4.78 is 103. The second-order valence-electron chi connectivity index (χ2n) is 6.91. The van der Waals surface area contributed by atoms with Gasteiger partial charge in [-0.05, 0) is 57.2 Å². The second kappa shape index (κ2) is 14.8. The van der Waals surface area contributed by atoms with Crippen LogP contribution in [0.2, 0.25) is 0 Å². The van der Waals surface area contributed by atoms with Crippen molar-refractivity contribution in [2.24, 2.45) is 0 Å². The first-order chi connectivity index (χ1) is 16.4. The van der Waals surface area contributed by atoms with E-state index in [4.69, 9.17) is 0 Å². The Bertz CT molecular complexity index is 1240. The molecule has 0 amide bonds. The smallest absolute Gasteiger partial charge is 0.716 e. The van der Waals surface area contributed by atoms with Gasteiger partial charge in [-0.15, -0.1) is 0 Å². The van der Waals surface area contributed by atoms with Gasteiger partial charge in [0, 0.05) is 0 Å². The van der Waals surface area contributed by atoms with Crippen molar-refractivity contribution in [2.45, 2.75) is 20.8 Å². The van der Waals surface area contributed by atoms with Gasteiger partial charge in [0.05, 0.1) is 0 Å². The summed E-state index contributed by atoms with van der Waals surface area (Å²) in [6, 6.07) is 18.4. The number of hydrogen-bond donors (Lipinski definition) is 0. The van der Waals surface area contributed by atoms with Crippen molar-refractivity contribution in [2.75, 3.05) is 0 Å². The number of aryl methyl sites for hydroxylation is 3. The average Bonchev–Trinajstić information content (AvgIpc) is 2.71. The fourth-order valence-corrected chi connectivity index (χ4v) is 3.18. The fourth-order valence-electron chi connectivity index (χ4n) is 2.14. The predicted molar refractivity (Wildman–Crippen MR) is 131 cm³/mol. The van der Waals surface area contributed by atoms with Gasteiger partial charge in [0.25, 0.3) is 31.2 Å². The number of rotatable bonds is 6. The van der Waals surface area contributed by atoms with Crippen molar-refractivity contribution in [1.29, 1.82) is 0 Å².